The molecule has 3 heteroatoms. The van der Waals surface area contributed by atoms with Crippen molar-refractivity contribution in [3.05, 3.63) is 0 Å². The summed E-state index contributed by atoms with van der Waals surface area (Å²) >= 11 is 0. The minimum atomic E-state index is 0.233. The van der Waals surface area contributed by atoms with E-state index in [-0.39, 0.29) is 5.91 Å². The summed E-state index contributed by atoms with van der Waals surface area (Å²) in [4.78, 5) is 11.7. The second-order valence-corrected chi connectivity index (χ2v) is 6.06. The number of hydrogen-bond donors (Lipinski definition) is 2. The van der Waals surface area contributed by atoms with E-state index in [2.05, 4.69) is 31.4 Å². The molecule has 94 valence electrons. The van der Waals surface area contributed by atoms with Gasteiger partial charge in [0.25, 0.3) is 0 Å². The van der Waals surface area contributed by atoms with Crippen molar-refractivity contribution in [1.82, 2.24) is 10.6 Å². The molecule has 0 aromatic rings. The first-order valence-electron chi connectivity index (χ1n) is 6.45. The fraction of sp³-hybridized carbons (Fsp3) is 0.923. The Morgan fingerprint density at radius 3 is 2.50 bits per heavy atom. The van der Waals surface area contributed by atoms with Crippen molar-refractivity contribution in [1.29, 1.82) is 0 Å². The normalized spacial score (nSPS) is 18.4. The number of nitrogens with one attached hydrogen (secondary N) is 2. The molecule has 1 fully saturated rings. The fourth-order valence-corrected chi connectivity index (χ4v) is 2.00. The number of rotatable bonds is 4. The van der Waals surface area contributed by atoms with Crippen LogP contribution in [0.25, 0.3) is 0 Å². The molecule has 0 saturated carbocycles. The minimum Gasteiger partial charge on any atom is -0.356 e. The number of amides is 1. The van der Waals surface area contributed by atoms with Gasteiger partial charge in [-0.15, -0.1) is 0 Å². The third-order valence-corrected chi connectivity index (χ3v) is 3.13. The lowest BCUT2D eigenvalue weighted by Crippen LogP contribution is -2.33. The quantitative estimate of drug-likeness (QED) is 0.769. The lowest BCUT2D eigenvalue weighted by Gasteiger charge is -2.22. The molecule has 1 aliphatic rings. The molecule has 0 spiro atoms. The van der Waals surface area contributed by atoms with Crippen LogP contribution < -0.4 is 10.6 Å². The minimum absolute atomic E-state index is 0.233. The van der Waals surface area contributed by atoms with Gasteiger partial charge in [-0.05, 0) is 43.7 Å². The predicted octanol–water partition coefficient (Wildman–Crippen LogP) is 1.93. The Hall–Kier alpha value is -0.570. The van der Waals surface area contributed by atoms with Gasteiger partial charge in [0.05, 0.1) is 0 Å². The highest BCUT2D eigenvalue weighted by Gasteiger charge is 2.17. The Kier molecular flexibility index (Phi) is 5.26. The van der Waals surface area contributed by atoms with E-state index in [1.807, 2.05) is 0 Å². The Labute approximate surface area is 99.4 Å². The van der Waals surface area contributed by atoms with Crippen LogP contribution in [-0.4, -0.2) is 25.5 Å². The summed E-state index contributed by atoms with van der Waals surface area (Å²) in [6.07, 6.45) is 4.05. The lowest BCUT2D eigenvalue weighted by atomic mass is 9.92. The Morgan fingerprint density at radius 2 is 1.94 bits per heavy atom. The summed E-state index contributed by atoms with van der Waals surface area (Å²) in [5.74, 6) is 0.826. The van der Waals surface area contributed by atoms with Gasteiger partial charge in [-0.3, -0.25) is 4.79 Å². The molecular formula is C13H26N2O. The zero-order chi connectivity index (χ0) is 12.0. The maximum atomic E-state index is 11.7. The average molecular weight is 226 g/mol. The Morgan fingerprint density at radius 1 is 1.31 bits per heavy atom. The van der Waals surface area contributed by atoms with Crippen LogP contribution in [-0.2, 0) is 4.79 Å². The van der Waals surface area contributed by atoms with E-state index in [9.17, 15) is 4.79 Å². The molecule has 1 aliphatic heterocycles. The van der Waals surface area contributed by atoms with Gasteiger partial charge in [0.2, 0.25) is 5.91 Å². The highest BCUT2D eigenvalue weighted by atomic mass is 16.1. The molecule has 0 aromatic carbocycles. The second kappa shape index (κ2) is 6.24. The number of piperidine rings is 1. The van der Waals surface area contributed by atoms with E-state index in [1.54, 1.807) is 0 Å². The Bertz CT molecular complexity index is 214. The lowest BCUT2D eigenvalue weighted by molar-refractivity contribution is -0.122. The van der Waals surface area contributed by atoms with Gasteiger partial charge in [0.1, 0.15) is 0 Å². The van der Waals surface area contributed by atoms with E-state index < -0.39 is 0 Å². The zero-order valence-corrected chi connectivity index (χ0v) is 10.9. The highest BCUT2D eigenvalue weighted by Crippen LogP contribution is 2.18. The predicted molar refractivity (Wildman–Crippen MR) is 67.3 cm³/mol. The maximum Gasteiger partial charge on any atom is 0.220 e. The molecule has 0 aromatic heterocycles. The van der Waals surface area contributed by atoms with Gasteiger partial charge in [-0.25, -0.2) is 0 Å². The van der Waals surface area contributed by atoms with Crippen LogP contribution in [0.1, 0.15) is 46.5 Å². The topological polar surface area (TPSA) is 41.1 Å². The summed E-state index contributed by atoms with van der Waals surface area (Å²) in [5.41, 5.74) is 0.308. The van der Waals surface area contributed by atoms with E-state index >= 15 is 0 Å². The number of hydrogen-bond acceptors (Lipinski definition) is 2. The molecule has 0 unspecified atom stereocenters. The van der Waals surface area contributed by atoms with Crippen LogP contribution in [0.2, 0.25) is 0 Å². The van der Waals surface area contributed by atoms with Gasteiger partial charge in [0, 0.05) is 13.0 Å². The molecule has 1 saturated heterocycles. The van der Waals surface area contributed by atoms with Gasteiger partial charge < -0.3 is 10.6 Å². The maximum absolute atomic E-state index is 11.7. The first-order valence-corrected chi connectivity index (χ1v) is 6.45. The van der Waals surface area contributed by atoms with Crippen molar-refractivity contribution in [2.24, 2.45) is 11.3 Å². The Balaban J connectivity index is 2.10. The van der Waals surface area contributed by atoms with E-state index in [1.165, 1.54) is 0 Å². The molecule has 16 heavy (non-hydrogen) atoms. The standard InChI is InChI=1S/C13H26N2O/c1-13(2,3)6-9-15-12(16)10-11-4-7-14-8-5-11/h11,14H,4-10H2,1-3H3,(H,15,16). The van der Waals surface area contributed by atoms with E-state index in [0.717, 1.165) is 38.9 Å². The van der Waals surface area contributed by atoms with Crippen molar-refractivity contribution in [3.8, 4) is 0 Å². The highest BCUT2D eigenvalue weighted by molar-refractivity contribution is 5.76. The van der Waals surface area contributed by atoms with Crippen LogP contribution in [0.3, 0.4) is 0 Å². The SMILES string of the molecule is CC(C)(C)CCNC(=O)CC1CCNCC1. The summed E-state index contributed by atoms with van der Waals surface area (Å²) in [6, 6.07) is 0. The first kappa shape index (κ1) is 13.5. The number of carbonyl (C=O) groups excluding carboxylic acids is 1. The molecule has 0 aliphatic carbocycles. The monoisotopic (exact) mass is 226 g/mol. The largest absolute Gasteiger partial charge is 0.356 e. The van der Waals surface area contributed by atoms with Gasteiger partial charge >= 0.3 is 0 Å². The molecule has 1 heterocycles. The van der Waals surface area contributed by atoms with Crippen LogP contribution >= 0.6 is 0 Å². The van der Waals surface area contributed by atoms with Crippen LogP contribution in [0.5, 0.6) is 0 Å². The molecule has 0 radical (unpaired) electrons. The smallest absolute Gasteiger partial charge is 0.220 e. The summed E-state index contributed by atoms with van der Waals surface area (Å²) < 4.78 is 0. The molecule has 0 atom stereocenters. The summed E-state index contributed by atoms with van der Waals surface area (Å²) in [7, 11) is 0. The average Bonchev–Trinajstić information content (AvgIpc) is 2.17. The van der Waals surface area contributed by atoms with E-state index in [4.69, 9.17) is 0 Å². The third-order valence-electron chi connectivity index (χ3n) is 3.13. The van der Waals surface area contributed by atoms with Crippen LogP contribution in [0.4, 0.5) is 0 Å². The molecule has 2 N–H and O–H groups in total. The van der Waals surface area contributed by atoms with Crippen molar-refractivity contribution >= 4 is 5.91 Å². The van der Waals surface area contributed by atoms with Gasteiger partial charge in [0.15, 0.2) is 0 Å². The molecule has 1 amide bonds. The molecule has 3 nitrogen and oxygen atoms in total. The third kappa shape index (κ3) is 6.11. The zero-order valence-electron chi connectivity index (χ0n) is 10.9. The van der Waals surface area contributed by atoms with Crippen molar-refractivity contribution in [2.75, 3.05) is 19.6 Å². The van der Waals surface area contributed by atoms with Gasteiger partial charge in [-0.1, -0.05) is 20.8 Å². The van der Waals surface area contributed by atoms with E-state index in [0.29, 0.717) is 17.8 Å². The van der Waals surface area contributed by atoms with Crippen molar-refractivity contribution in [2.45, 2.75) is 46.5 Å². The second-order valence-electron chi connectivity index (χ2n) is 6.06. The van der Waals surface area contributed by atoms with Crippen molar-refractivity contribution in [3.63, 3.8) is 0 Å². The molecule has 0 bridgehead atoms. The first-order chi connectivity index (χ1) is 7.47. The molecular weight excluding hydrogens is 200 g/mol. The van der Waals surface area contributed by atoms with Gasteiger partial charge in [-0.2, -0.15) is 0 Å². The summed E-state index contributed by atoms with van der Waals surface area (Å²) in [6.45, 7) is 9.55. The van der Waals surface area contributed by atoms with Crippen LogP contribution in [0.15, 0.2) is 0 Å². The number of carbonyl (C=O) groups is 1. The fourth-order valence-electron chi connectivity index (χ4n) is 2.00. The molecule has 1 rings (SSSR count). The summed E-state index contributed by atoms with van der Waals surface area (Å²) in [5, 5.41) is 6.35. The van der Waals surface area contributed by atoms with Crippen molar-refractivity contribution < 1.29 is 4.79 Å². The van der Waals surface area contributed by atoms with Crippen LogP contribution in [0, 0.1) is 11.3 Å².